The Labute approximate surface area is 126 Å². The van der Waals surface area contributed by atoms with Crippen molar-refractivity contribution in [3.05, 3.63) is 70.8 Å². The molecule has 1 aliphatic carbocycles. The minimum Gasteiger partial charge on any atom is -0.204 e. The predicted octanol–water partition coefficient (Wildman–Crippen LogP) is 5.21. The van der Waals surface area contributed by atoms with E-state index in [1.165, 1.54) is 23.3 Å². The van der Waals surface area contributed by atoms with Crippen molar-refractivity contribution in [2.75, 3.05) is 0 Å². The molecule has 0 N–H and O–H groups in total. The third-order valence-corrected chi connectivity index (χ3v) is 5.34. The number of rotatable bonds is 2. The first kappa shape index (κ1) is 13.7. The summed E-state index contributed by atoms with van der Waals surface area (Å²) in [5.41, 5.74) is 3.60. The highest BCUT2D eigenvalue weighted by Gasteiger charge is 2.26. The van der Waals surface area contributed by atoms with Gasteiger partial charge < -0.3 is 0 Å². The Bertz CT molecular complexity index is 624. The smallest absolute Gasteiger partial charge is 0.159 e. The summed E-state index contributed by atoms with van der Waals surface area (Å²) in [6.45, 7) is 0. The lowest BCUT2D eigenvalue weighted by molar-refractivity contribution is 0.449. The highest BCUT2D eigenvalue weighted by atomic mass is 79.9. The van der Waals surface area contributed by atoms with E-state index in [-0.39, 0.29) is 4.83 Å². The van der Waals surface area contributed by atoms with Gasteiger partial charge in [0, 0.05) is 4.83 Å². The molecule has 2 aromatic carbocycles. The Morgan fingerprint density at radius 1 is 1.00 bits per heavy atom. The topological polar surface area (TPSA) is 0 Å². The molecule has 2 aromatic rings. The first-order valence-corrected chi connectivity index (χ1v) is 7.72. The summed E-state index contributed by atoms with van der Waals surface area (Å²) in [5.74, 6) is -1.15. The van der Waals surface area contributed by atoms with Crippen LogP contribution < -0.4 is 0 Å². The van der Waals surface area contributed by atoms with E-state index in [9.17, 15) is 8.78 Å². The van der Waals surface area contributed by atoms with Crippen molar-refractivity contribution in [2.24, 2.45) is 5.92 Å². The number of alkyl halides is 1. The number of fused-ring (bicyclic) bond motifs is 1. The summed E-state index contributed by atoms with van der Waals surface area (Å²) >= 11 is 3.67. The average Bonchev–Trinajstić information content (AvgIpc) is 2.49. The molecule has 3 rings (SSSR count). The third-order valence-electron chi connectivity index (χ3n) is 4.06. The van der Waals surface area contributed by atoms with Crippen LogP contribution in [0.4, 0.5) is 8.78 Å². The van der Waals surface area contributed by atoms with Crippen molar-refractivity contribution in [3.8, 4) is 0 Å². The highest BCUT2D eigenvalue weighted by Crippen LogP contribution is 2.39. The van der Waals surface area contributed by atoms with Crippen molar-refractivity contribution in [2.45, 2.75) is 24.1 Å². The van der Waals surface area contributed by atoms with Gasteiger partial charge in [0.1, 0.15) is 0 Å². The fourth-order valence-electron chi connectivity index (χ4n) is 2.93. The first-order chi connectivity index (χ1) is 9.65. The molecule has 20 heavy (non-hydrogen) atoms. The molecular weight excluding hydrogens is 322 g/mol. The van der Waals surface area contributed by atoms with Gasteiger partial charge in [-0.2, -0.15) is 0 Å². The van der Waals surface area contributed by atoms with Crippen LogP contribution in [-0.2, 0) is 12.8 Å². The van der Waals surface area contributed by atoms with Crippen LogP contribution in [0.25, 0.3) is 0 Å². The first-order valence-electron chi connectivity index (χ1n) is 6.81. The maximum Gasteiger partial charge on any atom is 0.159 e. The van der Waals surface area contributed by atoms with Gasteiger partial charge in [0.05, 0.1) is 0 Å². The zero-order valence-corrected chi connectivity index (χ0v) is 12.5. The second kappa shape index (κ2) is 5.65. The molecule has 0 aliphatic heterocycles. The zero-order valence-electron chi connectivity index (χ0n) is 11.0. The van der Waals surface area contributed by atoms with Crippen LogP contribution in [0.1, 0.15) is 27.9 Å². The summed E-state index contributed by atoms with van der Waals surface area (Å²) in [7, 11) is 0. The second-order valence-electron chi connectivity index (χ2n) is 5.35. The molecule has 0 heterocycles. The molecular formula is C17H15BrF2. The molecule has 0 aromatic heterocycles. The summed E-state index contributed by atoms with van der Waals surface area (Å²) < 4.78 is 26.4. The van der Waals surface area contributed by atoms with Crippen LogP contribution in [0, 0.1) is 17.6 Å². The Balaban J connectivity index is 1.82. The Hall–Kier alpha value is -1.22. The SMILES string of the molecule is Fc1ccc(C(Br)C2CCc3ccccc3C2)cc1F. The minimum absolute atomic E-state index is 0.0611. The predicted molar refractivity (Wildman–Crippen MR) is 80.0 cm³/mol. The molecule has 0 saturated heterocycles. The molecule has 0 amide bonds. The van der Waals surface area contributed by atoms with Crippen molar-refractivity contribution >= 4 is 15.9 Å². The Morgan fingerprint density at radius 2 is 1.75 bits per heavy atom. The van der Waals surface area contributed by atoms with Crippen molar-refractivity contribution in [1.82, 2.24) is 0 Å². The van der Waals surface area contributed by atoms with Gasteiger partial charge in [0.2, 0.25) is 0 Å². The molecule has 0 fully saturated rings. The van der Waals surface area contributed by atoms with Gasteiger partial charge >= 0.3 is 0 Å². The molecule has 2 atom stereocenters. The molecule has 0 nitrogen and oxygen atoms in total. The summed E-state index contributed by atoms with van der Waals surface area (Å²) in [6, 6.07) is 12.6. The summed E-state index contributed by atoms with van der Waals surface area (Å²) in [6.07, 6.45) is 3.09. The lowest BCUT2D eigenvalue weighted by atomic mass is 9.81. The van der Waals surface area contributed by atoms with Gasteiger partial charge in [-0.3, -0.25) is 0 Å². The molecule has 2 unspecified atom stereocenters. The van der Waals surface area contributed by atoms with E-state index in [1.807, 2.05) is 0 Å². The fraction of sp³-hybridized carbons (Fsp3) is 0.294. The molecule has 0 radical (unpaired) electrons. The van der Waals surface area contributed by atoms with Gasteiger partial charge in [0.25, 0.3) is 0 Å². The highest BCUT2D eigenvalue weighted by molar-refractivity contribution is 9.09. The molecule has 1 aliphatic rings. The van der Waals surface area contributed by atoms with Crippen molar-refractivity contribution < 1.29 is 8.78 Å². The van der Waals surface area contributed by atoms with E-state index < -0.39 is 11.6 Å². The quantitative estimate of drug-likeness (QED) is 0.660. The number of halogens is 3. The van der Waals surface area contributed by atoms with Crippen LogP contribution in [0.15, 0.2) is 42.5 Å². The zero-order chi connectivity index (χ0) is 14.1. The standard InChI is InChI=1S/C17H15BrF2/c18-17(14-7-8-15(19)16(20)10-14)13-6-5-11-3-1-2-4-12(11)9-13/h1-4,7-8,10,13,17H,5-6,9H2. The summed E-state index contributed by atoms with van der Waals surface area (Å²) in [4.78, 5) is 0.0611. The molecule has 104 valence electrons. The number of hydrogen-bond donors (Lipinski definition) is 0. The van der Waals surface area contributed by atoms with Crippen LogP contribution in [0.5, 0.6) is 0 Å². The normalized spacial score (nSPS) is 19.4. The van der Waals surface area contributed by atoms with Gasteiger partial charge in [-0.25, -0.2) is 8.78 Å². The van der Waals surface area contributed by atoms with E-state index in [4.69, 9.17) is 0 Å². The monoisotopic (exact) mass is 336 g/mol. The van der Waals surface area contributed by atoms with E-state index in [0.29, 0.717) is 5.92 Å². The van der Waals surface area contributed by atoms with Crippen molar-refractivity contribution in [3.63, 3.8) is 0 Å². The van der Waals surface area contributed by atoms with Crippen LogP contribution in [-0.4, -0.2) is 0 Å². The van der Waals surface area contributed by atoms with Gasteiger partial charge in [0.15, 0.2) is 11.6 Å². The lowest BCUT2D eigenvalue weighted by Gasteiger charge is -2.28. The number of benzene rings is 2. The van der Waals surface area contributed by atoms with Crippen LogP contribution in [0.3, 0.4) is 0 Å². The Kier molecular flexibility index (Phi) is 3.88. The van der Waals surface area contributed by atoms with Gasteiger partial charge in [-0.05, 0) is 54.0 Å². The lowest BCUT2D eigenvalue weighted by Crippen LogP contribution is -2.18. The number of aryl methyl sites for hydroxylation is 1. The molecule has 0 saturated carbocycles. The Morgan fingerprint density at radius 3 is 2.50 bits per heavy atom. The fourth-order valence-corrected chi connectivity index (χ4v) is 3.67. The summed E-state index contributed by atoms with van der Waals surface area (Å²) in [5, 5.41) is 0. The largest absolute Gasteiger partial charge is 0.204 e. The van der Waals surface area contributed by atoms with E-state index in [2.05, 4.69) is 40.2 Å². The molecule has 0 spiro atoms. The van der Waals surface area contributed by atoms with Gasteiger partial charge in [-0.1, -0.05) is 46.3 Å². The molecule has 0 bridgehead atoms. The van der Waals surface area contributed by atoms with E-state index in [0.717, 1.165) is 24.8 Å². The maximum absolute atomic E-state index is 13.3. The van der Waals surface area contributed by atoms with Crippen molar-refractivity contribution in [1.29, 1.82) is 0 Å². The number of hydrogen-bond acceptors (Lipinski definition) is 0. The van der Waals surface area contributed by atoms with E-state index >= 15 is 0 Å². The third kappa shape index (κ3) is 2.64. The van der Waals surface area contributed by atoms with E-state index in [1.54, 1.807) is 6.07 Å². The minimum atomic E-state index is -0.789. The maximum atomic E-state index is 13.3. The van der Waals surface area contributed by atoms with Crippen LogP contribution in [0.2, 0.25) is 0 Å². The average molecular weight is 337 g/mol. The van der Waals surface area contributed by atoms with Crippen LogP contribution >= 0.6 is 15.9 Å². The van der Waals surface area contributed by atoms with Gasteiger partial charge in [-0.15, -0.1) is 0 Å². The second-order valence-corrected chi connectivity index (χ2v) is 6.33. The molecule has 3 heteroatoms.